The molecule has 1 aromatic carbocycles. The second-order valence-corrected chi connectivity index (χ2v) is 7.53. The molecule has 0 bridgehead atoms. The van der Waals surface area contributed by atoms with E-state index in [0.717, 1.165) is 50.4 Å². The molecule has 154 valence electrons. The average Bonchev–Trinajstić information content (AvgIpc) is 3.12. The topological polar surface area (TPSA) is 50.2 Å². The van der Waals surface area contributed by atoms with Crippen molar-refractivity contribution >= 4 is 18.3 Å². The summed E-state index contributed by atoms with van der Waals surface area (Å²) in [6, 6.07) is 6.21. The van der Waals surface area contributed by atoms with Gasteiger partial charge in [-0.15, -0.1) is 12.4 Å². The zero-order chi connectivity index (χ0) is 19.4. The van der Waals surface area contributed by atoms with Gasteiger partial charge in [-0.2, -0.15) is 5.10 Å². The van der Waals surface area contributed by atoms with Gasteiger partial charge in [0, 0.05) is 13.1 Å². The summed E-state index contributed by atoms with van der Waals surface area (Å²) in [4.78, 5) is 15.1. The fourth-order valence-electron chi connectivity index (χ4n) is 3.73. The number of halogens is 2. The lowest BCUT2D eigenvalue weighted by molar-refractivity contribution is 0.0688. The molecule has 0 unspecified atom stereocenters. The molecule has 0 spiro atoms. The highest BCUT2D eigenvalue weighted by Gasteiger charge is 2.28. The molecule has 3 rings (SSSR count). The minimum absolute atomic E-state index is 0. The predicted molar refractivity (Wildman–Crippen MR) is 112 cm³/mol. The van der Waals surface area contributed by atoms with E-state index in [4.69, 9.17) is 0 Å². The number of likely N-dealkylation sites (tertiary alicyclic amines) is 1. The van der Waals surface area contributed by atoms with Crippen LogP contribution in [-0.4, -0.2) is 46.8 Å². The fourth-order valence-corrected chi connectivity index (χ4v) is 3.73. The summed E-state index contributed by atoms with van der Waals surface area (Å²) in [6.45, 7) is 9.80. The van der Waals surface area contributed by atoms with Crippen molar-refractivity contribution in [3.8, 4) is 5.69 Å². The van der Waals surface area contributed by atoms with Crippen LogP contribution in [0.2, 0.25) is 0 Å². The Bertz CT molecular complexity index is 767. The first-order valence-electron chi connectivity index (χ1n) is 9.85. The van der Waals surface area contributed by atoms with E-state index in [1.165, 1.54) is 12.1 Å². The normalized spacial score (nSPS) is 15.0. The Hall–Kier alpha value is -1.92. The van der Waals surface area contributed by atoms with Gasteiger partial charge >= 0.3 is 0 Å². The summed E-state index contributed by atoms with van der Waals surface area (Å²) in [7, 11) is 0. The number of aromatic nitrogens is 2. The lowest BCUT2D eigenvalue weighted by Crippen LogP contribution is -2.41. The average molecular weight is 409 g/mol. The van der Waals surface area contributed by atoms with Gasteiger partial charge in [0.05, 0.1) is 23.1 Å². The quantitative estimate of drug-likeness (QED) is 0.785. The molecule has 1 N–H and O–H groups in total. The zero-order valence-corrected chi connectivity index (χ0v) is 17.6. The van der Waals surface area contributed by atoms with Crippen LogP contribution in [0.15, 0.2) is 30.5 Å². The summed E-state index contributed by atoms with van der Waals surface area (Å²) in [5.41, 5.74) is 2.30. The van der Waals surface area contributed by atoms with Crippen LogP contribution in [0.25, 0.3) is 5.69 Å². The van der Waals surface area contributed by atoms with Gasteiger partial charge in [0.15, 0.2) is 0 Å². The number of amides is 1. The minimum atomic E-state index is -0.284. The highest BCUT2D eigenvalue weighted by Crippen LogP contribution is 2.26. The molecule has 5 nitrogen and oxygen atoms in total. The van der Waals surface area contributed by atoms with Crippen molar-refractivity contribution in [2.45, 2.75) is 39.5 Å². The van der Waals surface area contributed by atoms with Crippen molar-refractivity contribution in [1.29, 1.82) is 0 Å². The first kappa shape index (κ1) is 22.4. The predicted octanol–water partition coefficient (Wildman–Crippen LogP) is 4.02. The number of nitrogens with one attached hydrogen (secondary N) is 1. The van der Waals surface area contributed by atoms with E-state index in [2.05, 4.69) is 31.2 Å². The molecule has 1 aliphatic rings. The van der Waals surface area contributed by atoms with Crippen molar-refractivity contribution < 1.29 is 9.18 Å². The molecule has 0 saturated carbocycles. The minimum Gasteiger partial charge on any atom is -0.339 e. The summed E-state index contributed by atoms with van der Waals surface area (Å²) >= 11 is 0. The van der Waals surface area contributed by atoms with E-state index in [1.54, 1.807) is 23.0 Å². The summed E-state index contributed by atoms with van der Waals surface area (Å²) in [5, 5.41) is 7.85. The summed E-state index contributed by atoms with van der Waals surface area (Å²) < 4.78 is 15.0. The van der Waals surface area contributed by atoms with Gasteiger partial charge in [0.25, 0.3) is 5.91 Å². The van der Waals surface area contributed by atoms with E-state index in [9.17, 15) is 9.18 Å². The summed E-state index contributed by atoms with van der Waals surface area (Å²) in [6.07, 6.45) is 3.72. The van der Waals surface area contributed by atoms with Crippen molar-refractivity contribution in [1.82, 2.24) is 20.0 Å². The Morgan fingerprint density at radius 1 is 1.25 bits per heavy atom. The van der Waals surface area contributed by atoms with E-state index < -0.39 is 0 Å². The standard InChI is InChI=1S/C21H29FN4O.ClH/c1-4-23-13-16-9-11-25(12-10-16)21(27)19-14-24-26(20(19)15(2)3)18-7-5-17(22)6-8-18;/h5-8,14-16,23H,4,9-13H2,1-3H3;1H. The molecule has 2 heterocycles. The van der Waals surface area contributed by atoms with Crippen LogP contribution in [0, 0.1) is 11.7 Å². The smallest absolute Gasteiger partial charge is 0.257 e. The van der Waals surface area contributed by atoms with Gasteiger partial charge in [-0.1, -0.05) is 20.8 Å². The first-order valence-corrected chi connectivity index (χ1v) is 9.85. The first-order chi connectivity index (χ1) is 13.0. The monoisotopic (exact) mass is 408 g/mol. The van der Waals surface area contributed by atoms with Crippen molar-refractivity contribution in [3.63, 3.8) is 0 Å². The van der Waals surface area contributed by atoms with Crippen LogP contribution in [0.5, 0.6) is 0 Å². The Balaban J connectivity index is 0.00000280. The molecule has 1 saturated heterocycles. The van der Waals surface area contributed by atoms with Gasteiger partial charge in [-0.05, 0) is 62.0 Å². The van der Waals surface area contributed by atoms with Crippen LogP contribution in [-0.2, 0) is 0 Å². The number of carbonyl (C=O) groups is 1. The lowest BCUT2D eigenvalue weighted by Gasteiger charge is -2.32. The number of rotatable bonds is 6. The van der Waals surface area contributed by atoms with Crippen LogP contribution in [0.3, 0.4) is 0 Å². The Morgan fingerprint density at radius 3 is 2.46 bits per heavy atom. The third-order valence-electron chi connectivity index (χ3n) is 5.24. The van der Waals surface area contributed by atoms with Crippen molar-refractivity contribution in [2.24, 2.45) is 5.92 Å². The molecule has 0 aliphatic carbocycles. The maximum Gasteiger partial charge on any atom is 0.257 e. The molecule has 1 fully saturated rings. The second kappa shape index (κ2) is 10.0. The van der Waals surface area contributed by atoms with Crippen LogP contribution < -0.4 is 5.32 Å². The molecule has 28 heavy (non-hydrogen) atoms. The number of piperidine rings is 1. The number of hydrogen-bond acceptors (Lipinski definition) is 3. The van der Waals surface area contributed by atoms with Crippen molar-refractivity contribution in [3.05, 3.63) is 47.5 Å². The van der Waals surface area contributed by atoms with E-state index >= 15 is 0 Å². The Morgan fingerprint density at radius 2 is 1.89 bits per heavy atom. The Kier molecular flexibility index (Phi) is 8.01. The van der Waals surface area contributed by atoms with E-state index in [-0.39, 0.29) is 30.0 Å². The SMILES string of the molecule is CCNCC1CCN(C(=O)c2cnn(-c3ccc(F)cc3)c2C(C)C)CC1.Cl. The van der Waals surface area contributed by atoms with Crippen LogP contribution in [0.1, 0.15) is 55.6 Å². The number of hydrogen-bond donors (Lipinski definition) is 1. The maximum absolute atomic E-state index is 13.3. The maximum atomic E-state index is 13.3. The second-order valence-electron chi connectivity index (χ2n) is 7.53. The molecule has 0 atom stereocenters. The van der Waals surface area contributed by atoms with Gasteiger partial charge in [0.2, 0.25) is 0 Å². The number of nitrogens with zero attached hydrogens (tertiary/aromatic N) is 3. The van der Waals surface area contributed by atoms with E-state index in [1.807, 2.05) is 4.90 Å². The molecular weight excluding hydrogens is 379 g/mol. The van der Waals surface area contributed by atoms with Gasteiger partial charge < -0.3 is 10.2 Å². The molecule has 1 aliphatic heterocycles. The van der Waals surface area contributed by atoms with Crippen LogP contribution >= 0.6 is 12.4 Å². The van der Waals surface area contributed by atoms with Gasteiger partial charge in [0.1, 0.15) is 5.82 Å². The van der Waals surface area contributed by atoms with Crippen LogP contribution in [0.4, 0.5) is 4.39 Å². The third kappa shape index (κ3) is 4.92. The van der Waals surface area contributed by atoms with E-state index in [0.29, 0.717) is 11.5 Å². The molecular formula is C21H30ClFN4O. The van der Waals surface area contributed by atoms with Gasteiger partial charge in [-0.25, -0.2) is 9.07 Å². The highest BCUT2D eigenvalue weighted by atomic mass is 35.5. The molecule has 1 aromatic heterocycles. The fraction of sp³-hybridized carbons (Fsp3) is 0.524. The van der Waals surface area contributed by atoms with Crippen molar-refractivity contribution in [2.75, 3.05) is 26.2 Å². The number of carbonyl (C=O) groups excluding carboxylic acids is 1. The lowest BCUT2D eigenvalue weighted by atomic mass is 9.96. The molecule has 2 aromatic rings. The van der Waals surface area contributed by atoms with Gasteiger partial charge in [-0.3, -0.25) is 4.79 Å². The largest absolute Gasteiger partial charge is 0.339 e. The molecule has 0 radical (unpaired) electrons. The number of benzene rings is 1. The highest BCUT2D eigenvalue weighted by molar-refractivity contribution is 5.95. The molecule has 7 heteroatoms. The molecule has 1 amide bonds. The third-order valence-corrected chi connectivity index (χ3v) is 5.24. The summed E-state index contributed by atoms with van der Waals surface area (Å²) in [5.74, 6) is 0.533. The Labute approximate surface area is 172 Å². The zero-order valence-electron chi connectivity index (χ0n) is 16.8.